The summed E-state index contributed by atoms with van der Waals surface area (Å²) >= 11 is 1.67. The highest BCUT2D eigenvalue weighted by atomic mass is 32.1. The van der Waals surface area contributed by atoms with Crippen molar-refractivity contribution in [3.05, 3.63) is 64.8 Å². The highest BCUT2D eigenvalue weighted by Gasteiger charge is 2.08. The van der Waals surface area contributed by atoms with Crippen LogP contribution in [0.3, 0.4) is 0 Å². The van der Waals surface area contributed by atoms with Gasteiger partial charge in [0.1, 0.15) is 18.2 Å². The topological polar surface area (TPSA) is 35.2 Å². The average Bonchev–Trinajstić information content (AvgIpc) is 2.88. The van der Waals surface area contributed by atoms with Gasteiger partial charge >= 0.3 is 0 Å². The Balaban J connectivity index is 1.88. The standard InChI is InChI=1S/C16H14FNOS/c17-13-4-2-5-14(7-13)19-9-12-10-20-15-6-1-3-11(8-18)16(12)15/h1-7,10H,8-9,18H2. The quantitative estimate of drug-likeness (QED) is 0.784. The van der Waals surface area contributed by atoms with E-state index < -0.39 is 0 Å². The van der Waals surface area contributed by atoms with Crippen molar-refractivity contribution in [1.82, 2.24) is 0 Å². The van der Waals surface area contributed by atoms with Crippen LogP contribution in [0.2, 0.25) is 0 Å². The molecule has 0 spiro atoms. The third kappa shape index (κ3) is 2.53. The van der Waals surface area contributed by atoms with Gasteiger partial charge in [-0.15, -0.1) is 11.3 Å². The summed E-state index contributed by atoms with van der Waals surface area (Å²) in [5, 5.41) is 3.24. The molecule has 102 valence electrons. The Morgan fingerprint density at radius 3 is 2.75 bits per heavy atom. The summed E-state index contributed by atoms with van der Waals surface area (Å²) in [5.41, 5.74) is 7.99. The molecule has 2 aromatic carbocycles. The molecule has 0 aliphatic heterocycles. The summed E-state index contributed by atoms with van der Waals surface area (Å²) in [7, 11) is 0. The third-order valence-electron chi connectivity index (χ3n) is 3.17. The fourth-order valence-electron chi connectivity index (χ4n) is 2.23. The molecule has 2 N–H and O–H groups in total. The van der Waals surface area contributed by atoms with Crippen LogP contribution in [-0.4, -0.2) is 0 Å². The summed E-state index contributed by atoms with van der Waals surface area (Å²) in [5.74, 6) is 0.245. The predicted molar refractivity (Wildman–Crippen MR) is 80.4 cm³/mol. The summed E-state index contributed by atoms with van der Waals surface area (Å²) in [6, 6.07) is 12.3. The number of hydrogen-bond acceptors (Lipinski definition) is 3. The Hall–Kier alpha value is -1.91. The van der Waals surface area contributed by atoms with Crippen molar-refractivity contribution in [2.24, 2.45) is 5.73 Å². The van der Waals surface area contributed by atoms with Crippen LogP contribution in [0.5, 0.6) is 5.75 Å². The Morgan fingerprint density at radius 2 is 1.95 bits per heavy atom. The average molecular weight is 287 g/mol. The maximum absolute atomic E-state index is 13.1. The van der Waals surface area contributed by atoms with Gasteiger partial charge in [0.15, 0.2) is 0 Å². The fourth-order valence-corrected chi connectivity index (χ4v) is 3.22. The number of rotatable bonds is 4. The zero-order chi connectivity index (χ0) is 13.9. The molecule has 3 aromatic rings. The summed E-state index contributed by atoms with van der Waals surface area (Å²) in [6.07, 6.45) is 0. The Labute approximate surface area is 120 Å². The Bertz CT molecular complexity index is 738. The molecule has 4 heteroatoms. The molecule has 0 aliphatic carbocycles. The first-order chi connectivity index (χ1) is 9.78. The SMILES string of the molecule is NCc1cccc2scc(COc3cccc(F)c3)c12. The molecule has 0 saturated carbocycles. The summed E-state index contributed by atoms with van der Waals surface area (Å²) in [6.45, 7) is 0.918. The lowest BCUT2D eigenvalue weighted by atomic mass is 10.1. The summed E-state index contributed by atoms with van der Waals surface area (Å²) in [4.78, 5) is 0. The van der Waals surface area contributed by atoms with Crippen LogP contribution in [0.4, 0.5) is 4.39 Å². The van der Waals surface area contributed by atoms with E-state index in [1.165, 1.54) is 16.8 Å². The van der Waals surface area contributed by atoms with E-state index in [1.54, 1.807) is 23.5 Å². The predicted octanol–water partition coefficient (Wildman–Crippen LogP) is 4.08. The first-order valence-corrected chi connectivity index (χ1v) is 7.22. The second kappa shape index (κ2) is 5.61. The fraction of sp³-hybridized carbons (Fsp3) is 0.125. The lowest BCUT2D eigenvalue weighted by Crippen LogP contribution is -1.99. The van der Waals surface area contributed by atoms with Crippen LogP contribution < -0.4 is 10.5 Å². The van der Waals surface area contributed by atoms with E-state index in [9.17, 15) is 4.39 Å². The highest BCUT2D eigenvalue weighted by Crippen LogP contribution is 2.30. The van der Waals surface area contributed by atoms with E-state index in [1.807, 2.05) is 12.1 Å². The van der Waals surface area contributed by atoms with Crippen molar-refractivity contribution in [2.45, 2.75) is 13.2 Å². The maximum atomic E-state index is 13.1. The smallest absolute Gasteiger partial charge is 0.126 e. The van der Waals surface area contributed by atoms with Crippen LogP contribution >= 0.6 is 11.3 Å². The van der Waals surface area contributed by atoms with E-state index >= 15 is 0 Å². The van der Waals surface area contributed by atoms with Gasteiger partial charge in [-0.1, -0.05) is 18.2 Å². The van der Waals surface area contributed by atoms with Gasteiger partial charge in [0, 0.05) is 28.3 Å². The molecule has 1 heterocycles. The first kappa shape index (κ1) is 13.1. The third-order valence-corrected chi connectivity index (χ3v) is 4.17. The molecule has 0 saturated heterocycles. The first-order valence-electron chi connectivity index (χ1n) is 6.34. The number of fused-ring (bicyclic) bond motifs is 1. The van der Waals surface area contributed by atoms with Gasteiger partial charge in [-0.05, 0) is 29.1 Å². The second-order valence-electron chi connectivity index (χ2n) is 4.50. The van der Waals surface area contributed by atoms with Crippen molar-refractivity contribution < 1.29 is 9.13 Å². The van der Waals surface area contributed by atoms with Crippen molar-refractivity contribution in [3.63, 3.8) is 0 Å². The molecule has 0 bridgehead atoms. The monoisotopic (exact) mass is 287 g/mol. The number of ether oxygens (including phenoxy) is 1. The molecule has 0 radical (unpaired) electrons. The Morgan fingerprint density at radius 1 is 1.10 bits per heavy atom. The van der Waals surface area contributed by atoms with E-state index in [2.05, 4.69) is 11.4 Å². The molecule has 0 fully saturated rings. The molecule has 20 heavy (non-hydrogen) atoms. The number of thiophene rings is 1. The second-order valence-corrected chi connectivity index (χ2v) is 5.41. The molecule has 3 rings (SSSR count). The number of hydrogen-bond donors (Lipinski definition) is 1. The van der Waals surface area contributed by atoms with Gasteiger partial charge in [-0.3, -0.25) is 0 Å². The van der Waals surface area contributed by atoms with Crippen LogP contribution in [0.15, 0.2) is 47.8 Å². The van der Waals surface area contributed by atoms with Crippen LogP contribution in [-0.2, 0) is 13.2 Å². The highest BCUT2D eigenvalue weighted by molar-refractivity contribution is 7.17. The zero-order valence-electron chi connectivity index (χ0n) is 10.8. The van der Waals surface area contributed by atoms with E-state index in [4.69, 9.17) is 10.5 Å². The van der Waals surface area contributed by atoms with Gasteiger partial charge in [0.2, 0.25) is 0 Å². The van der Waals surface area contributed by atoms with E-state index in [-0.39, 0.29) is 5.82 Å². The molecule has 0 amide bonds. The molecular formula is C16H14FNOS. The lowest BCUT2D eigenvalue weighted by Gasteiger charge is -2.07. The lowest BCUT2D eigenvalue weighted by molar-refractivity contribution is 0.306. The van der Waals surface area contributed by atoms with Gasteiger partial charge in [0.05, 0.1) is 0 Å². The van der Waals surface area contributed by atoms with Gasteiger partial charge in [0.25, 0.3) is 0 Å². The molecular weight excluding hydrogens is 273 g/mol. The van der Waals surface area contributed by atoms with Crippen LogP contribution in [0.25, 0.3) is 10.1 Å². The largest absolute Gasteiger partial charge is 0.489 e. The van der Waals surface area contributed by atoms with Crippen molar-refractivity contribution in [2.75, 3.05) is 0 Å². The molecule has 1 aromatic heterocycles. The zero-order valence-corrected chi connectivity index (χ0v) is 11.6. The normalized spacial score (nSPS) is 10.9. The van der Waals surface area contributed by atoms with E-state index in [0.717, 1.165) is 16.5 Å². The van der Waals surface area contributed by atoms with Crippen molar-refractivity contribution in [1.29, 1.82) is 0 Å². The minimum atomic E-state index is -0.291. The van der Waals surface area contributed by atoms with Crippen LogP contribution in [0.1, 0.15) is 11.1 Å². The molecule has 2 nitrogen and oxygen atoms in total. The molecule has 0 aliphatic rings. The van der Waals surface area contributed by atoms with Crippen molar-refractivity contribution in [3.8, 4) is 5.75 Å². The summed E-state index contributed by atoms with van der Waals surface area (Å²) < 4.78 is 20.0. The van der Waals surface area contributed by atoms with Crippen molar-refractivity contribution >= 4 is 21.4 Å². The molecule has 0 unspecified atom stereocenters. The minimum Gasteiger partial charge on any atom is -0.489 e. The number of nitrogens with two attached hydrogens (primary N) is 1. The van der Waals surface area contributed by atoms with E-state index in [0.29, 0.717) is 18.9 Å². The minimum absolute atomic E-state index is 0.291. The van der Waals surface area contributed by atoms with Gasteiger partial charge in [-0.25, -0.2) is 4.39 Å². The number of halogens is 1. The van der Waals surface area contributed by atoms with Gasteiger partial charge in [-0.2, -0.15) is 0 Å². The molecule has 0 atom stereocenters. The Kier molecular flexibility index (Phi) is 3.67. The number of benzene rings is 2. The van der Waals surface area contributed by atoms with Gasteiger partial charge < -0.3 is 10.5 Å². The maximum Gasteiger partial charge on any atom is 0.126 e. The van der Waals surface area contributed by atoms with Crippen LogP contribution in [0, 0.1) is 5.82 Å².